The van der Waals surface area contributed by atoms with Gasteiger partial charge in [-0.25, -0.2) is 13.9 Å². The first kappa shape index (κ1) is 16.1. The highest BCUT2D eigenvalue weighted by atomic mass is 19.1. The van der Waals surface area contributed by atoms with Gasteiger partial charge in [0.2, 0.25) is 0 Å². The summed E-state index contributed by atoms with van der Waals surface area (Å²) in [5.74, 6) is -0.464. The van der Waals surface area contributed by atoms with Crippen molar-refractivity contribution in [3.05, 3.63) is 64.9 Å². The summed E-state index contributed by atoms with van der Waals surface area (Å²) in [5, 5.41) is 4.26. The standard InChI is InChI=1S/C18H19FN4O/c1-4-22(11-14-6-5-7-15(19)9-14)18(24)16-10-20-23-13(3)8-12(2)21-17(16)23/h5-10H,4,11H2,1-3H3. The van der Waals surface area contributed by atoms with Gasteiger partial charge in [0, 0.05) is 24.5 Å². The molecule has 6 heteroatoms. The van der Waals surface area contributed by atoms with Gasteiger partial charge >= 0.3 is 0 Å². The SMILES string of the molecule is CCN(Cc1cccc(F)c1)C(=O)c1cnn2c(C)cc(C)nc12. The normalized spacial score (nSPS) is 11.0. The molecule has 0 radical (unpaired) electrons. The van der Waals surface area contributed by atoms with E-state index in [0.717, 1.165) is 17.0 Å². The number of carbonyl (C=O) groups is 1. The van der Waals surface area contributed by atoms with E-state index in [0.29, 0.717) is 24.3 Å². The number of rotatable bonds is 4. The summed E-state index contributed by atoms with van der Waals surface area (Å²) >= 11 is 0. The fourth-order valence-electron chi connectivity index (χ4n) is 2.77. The first-order valence-corrected chi connectivity index (χ1v) is 7.85. The van der Waals surface area contributed by atoms with Gasteiger partial charge in [-0.05, 0) is 44.5 Å². The second-order valence-corrected chi connectivity index (χ2v) is 5.78. The van der Waals surface area contributed by atoms with Crippen LogP contribution < -0.4 is 0 Å². The molecule has 0 saturated carbocycles. The zero-order chi connectivity index (χ0) is 17.3. The molecule has 3 rings (SSSR count). The first-order chi connectivity index (χ1) is 11.5. The van der Waals surface area contributed by atoms with Gasteiger partial charge in [0.1, 0.15) is 11.4 Å². The minimum Gasteiger partial charge on any atom is -0.334 e. The number of hydrogen-bond donors (Lipinski definition) is 0. The number of aryl methyl sites for hydroxylation is 2. The van der Waals surface area contributed by atoms with Gasteiger partial charge < -0.3 is 4.90 Å². The Kier molecular flexibility index (Phi) is 4.29. The Balaban J connectivity index is 1.94. The molecule has 0 N–H and O–H groups in total. The van der Waals surface area contributed by atoms with Crippen LogP contribution in [0.15, 0.2) is 36.5 Å². The van der Waals surface area contributed by atoms with E-state index < -0.39 is 0 Å². The lowest BCUT2D eigenvalue weighted by atomic mass is 10.2. The maximum Gasteiger partial charge on any atom is 0.259 e. The average Bonchev–Trinajstić information content (AvgIpc) is 2.96. The van der Waals surface area contributed by atoms with E-state index in [2.05, 4.69) is 10.1 Å². The van der Waals surface area contributed by atoms with Gasteiger partial charge in [-0.15, -0.1) is 0 Å². The maximum atomic E-state index is 13.4. The number of aromatic nitrogens is 3. The van der Waals surface area contributed by atoms with Crippen LogP contribution in [-0.2, 0) is 6.54 Å². The number of nitrogens with zero attached hydrogens (tertiary/aromatic N) is 4. The predicted octanol–water partition coefficient (Wildman–Crippen LogP) is 3.15. The van der Waals surface area contributed by atoms with Crippen LogP contribution in [-0.4, -0.2) is 31.9 Å². The van der Waals surface area contributed by atoms with Crippen LogP contribution in [0, 0.1) is 19.7 Å². The monoisotopic (exact) mass is 326 g/mol. The lowest BCUT2D eigenvalue weighted by molar-refractivity contribution is 0.0754. The average molecular weight is 326 g/mol. The summed E-state index contributed by atoms with van der Waals surface area (Å²) in [4.78, 5) is 19.0. The van der Waals surface area contributed by atoms with Gasteiger partial charge in [0.15, 0.2) is 5.65 Å². The summed E-state index contributed by atoms with van der Waals surface area (Å²) in [6.45, 7) is 6.56. The molecule has 0 aliphatic rings. The summed E-state index contributed by atoms with van der Waals surface area (Å²) in [6.07, 6.45) is 1.55. The Morgan fingerprint density at radius 3 is 2.79 bits per heavy atom. The van der Waals surface area contributed by atoms with Gasteiger partial charge in [-0.3, -0.25) is 4.79 Å². The van der Waals surface area contributed by atoms with Crippen molar-refractivity contribution < 1.29 is 9.18 Å². The van der Waals surface area contributed by atoms with Crippen molar-refractivity contribution in [1.29, 1.82) is 0 Å². The molecule has 1 aromatic carbocycles. The Bertz CT molecular complexity index is 903. The quantitative estimate of drug-likeness (QED) is 0.740. The van der Waals surface area contributed by atoms with Crippen LogP contribution in [0.5, 0.6) is 0 Å². The fraction of sp³-hybridized carbons (Fsp3) is 0.278. The number of benzene rings is 1. The number of amides is 1. The molecule has 0 spiro atoms. The van der Waals surface area contributed by atoms with Crippen LogP contribution in [0.3, 0.4) is 0 Å². The van der Waals surface area contributed by atoms with Crippen molar-refractivity contribution in [2.24, 2.45) is 0 Å². The zero-order valence-corrected chi connectivity index (χ0v) is 14.0. The van der Waals surface area contributed by atoms with Crippen LogP contribution in [0.1, 0.15) is 34.2 Å². The molecule has 3 aromatic rings. The summed E-state index contributed by atoms with van der Waals surface area (Å²) < 4.78 is 15.0. The molecular weight excluding hydrogens is 307 g/mol. The second kappa shape index (κ2) is 6.39. The molecule has 24 heavy (non-hydrogen) atoms. The van der Waals surface area contributed by atoms with E-state index in [1.165, 1.54) is 12.1 Å². The van der Waals surface area contributed by atoms with Crippen molar-refractivity contribution in [3.8, 4) is 0 Å². The number of fused-ring (bicyclic) bond motifs is 1. The highest BCUT2D eigenvalue weighted by Crippen LogP contribution is 2.16. The lowest BCUT2D eigenvalue weighted by Gasteiger charge is -2.20. The van der Waals surface area contributed by atoms with Gasteiger partial charge in [0.25, 0.3) is 5.91 Å². The number of halogens is 1. The van der Waals surface area contributed by atoms with Crippen LogP contribution in [0.2, 0.25) is 0 Å². The molecule has 2 aromatic heterocycles. The highest BCUT2D eigenvalue weighted by Gasteiger charge is 2.20. The van der Waals surface area contributed by atoms with Crippen LogP contribution in [0.25, 0.3) is 5.65 Å². The molecule has 0 unspecified atom stereocenters. The van der Waals surface area contributed by atoms with E-state index in [1.807, 2.05) is 32.9 Å². The maximum absolute atomic E-state index is 13.4. The fourth-order valence-corrected chi connectivity index (χ4v) is 2.77. The number of hydrogen-bond acceptors (Lipinski definition) is 3. The molecule has 124 valence electrons. The Labute approximate surface area is 139 Å². The lowest BCUT2D eigenvalue weighted by Crippen LogP contribution is -2.30. The molecule has 1 amide bonds. The molecule has 0 saturated heterocycles. The zero-order valence-electron chi connectivity index (χ0n) is 14.0. The van der Waals surface area contributed by atoms with Crippen LogP contribution >= 0.6 is 0 Å². The van der Waals surface area contributed by atoms with E-state index in [4.69, 9.17) is 0 Å². The third kappa shape index (κ3) is 2.99. The van der Waals surface area contributed by atoms with Gasteiger partial charge in [-0.2, -0.15) is 5.10 Å². The van der Waals surface area contributed by atoms with Crippen molar-refractivity contribution in [1.82, 2.24) is 19.5 Å². The van der Waals surface area contributed by atoms with Crippen molar-refractivity contribution in [2.75, 3.05) is 6.54 Å². The first-order valence-electron chi connectivity index (χ1n) is 7.85. The summed E-state index contributed by atoms with van der Waals surface area (Å²) in [7, 11) is 0. The van der Waals surface area contributed by atoms with E-state index in [1.54, 1.807) is 21.7 Å². The van der Waals surface area contributed by atoms with Crippen molar-refractivity contribution in [2.45, 2.75) is 27.3 Å². The minimum absolute atomic E-state index is 0.158. The molecule has 0 aliphatic heterocycles. The van der Waals surface area contributed by atoms with Gasteiger partial charge in [0.05, 0.1) is 6.20 Å². The Morgan fingerprint density at radius 1 is 1.29 bits per heavy atom. The van der Waals surface area contributed by atoms with Gasteiger partial charge in [-0.1, -0.05) is 12.1 Å². The van der Waals surface area contributed by atoms with Crippen molar-refractivity contribution >= 4 is 11.6 Å². The number of carbonyl (C=O) groups excluding carboxylic acids is 1. The molecule has 5 nitrogen and oxygen atoms in total. The molecule has 0 bridgehead atoms. The molecule has 2 heterocycles. The van der Waals surface area contributed by atoms with E-state index >= 15 is 0 Å². The minimum atomic E-state index is -0.306. The predicted molar refractivity (Wildman–Crippen MR) is 89.3 cm³/mol. The molecule has 0 fully saturated rings. The van der Waals surface area contributed by atoms with E-state index in [9.17, 15) is 9.18 Å². The third-order valence-corrected chi connectivity index (χ3v) is 3.94. The second-order valence-electron chi connectivity index (χ2n) is 5.78. The topological polar surface area (TPSA) is 50.5 Å². The third-order valence-electron chi connectivity index (χ3n) is 3.94. The smallest absolute Gasteiger partial charge is 0.259 e. The van der Waals surface area contributed by atoms with Crippen LogP contribution in [0.4, 0.5) is 4.39 Å². The summed E-state index contributed by atoms with van der Waals surface area (Å²) in [6, 6.07) is 8.20. The molecule has 0 atom stereocenters. The molecular formula is C18H19FN4O. The molecule has 0 aliphatic carbocycles. The Morgan fingerprint density at radius 2 is 2.08 bits per heavy atom. The highest BCUT2D eigenvalue weighted by molar-refractivity contribution is 5.99. The Hall–Kier alpha value is -2.76. The summed E-state index contributed by atoms with van der Waals surface area (Å²) in [5.41, 5.74) is 3.52. The van der Waals surface area contributed by atoms with Crippen molar-refractivity contribution in [3.63, 3.8) is 0 Å². The van der Waals surface area contributed by atoms with E-state index in [-0.39, 0.29) is 11.7 Å². The largest absolute Gasteiger partial charge is 0.334 e.